The summed E-state index contributed by atoms with van der Waals surface area (Å²) in [6.45, 7) is 4.00. The molecule has 0 radical (unpaired) electrons. The zero-order chi connectivity index (χ0) is 18.7. The maximum Gasteiger partial charge on any atom is 0.240 e. The summed E-state index contributed by atoms with van der Waals surface area (Å²) in [4.78, 5) is -0.0103. The molecular weight excluding hydrogens is 364 g/mol. The number of hydrogen-bond donors (Lipinski definition) is 2. The van der Waals surface area contributed by atoms with Gasteiger partial charge in [0.05, 0.1) is 16.4 Å². The molecule has 0 spiro atoms. The van der Waals surface area contributed by atoms with Gasteiger partial charge < -0.3 is 10.1 Å². The summed E-state index contributed by atoms with van der Waals surface area (Å²) in [7, 11) is -5.69. The molecule has 0 saturated carbocycles. The molecule has 142 valence electrons. The van der Waals surface area contributed by atoms with E-state index in [-0.39, 0.29) is 21.8 Å². The van der Waals surface area contributed by atoms with Crippen LogP contribution in [0.5, 0.6) is 0 Å². The van der Waals surface area contributed by atoms with Gasteiger partial charge in [-0.25, -0.2) is 21.6 Å². The Labute approximate surface area is 150 Å². The highest BCUT2D eigenvalue weighted by molar-refractivity contribution is 7.91. The van der Waals surface area contributed by atoms with E-state index in [0.717, 1.165) is 32.2 Å². The lowest BCUT2D eigenvalue weighted by molar-refractivity contribution is 0.0577. The maximum atomic E-state index is 12.8. The van der Waals surface area contributed by atoms with Gasteiger partial charge >= 0.3 is 0 Å². The van der Waals surface area contributed by atoms with Gasteiger partial charge in [0, 0.05) is 25.3 Å². The Morgan fingerprint density at radius 2 is 1.84 bits per heavy atom. The fourth-order valence-electron chi connectivity index (χ4n) is 3.06. The Kier molecular flexibility index (Phi) is 6.26. The van der Waals surface area contributed by atoms with Crippen molar-refractivity contribution in [2.45, 2.75) is 29.6 Å². The van der Waals surface area contributed by atoms with Crippen LogP contribution in [0, 0.1) is 12.3 Å². The van der Waals surface area contributed by atoms with Crippen LogP contribution in [-0.2, 0) is 24.6 Å². The van der Waals surface area contributed by atoms with Crippen molar-refractivity contribution in [3.8, 4) is 0 Å². The molecule has 0 aromatic heterocycles. The number of sulfone groups is 1. The van der Waals surface area contributed by atoms with Crippen LogP contribution in [0.2, 0.25) is 0 Å². The van der Waals surface area contributed by atoms with Crippen molar-refractivity contribution in [3.63, 3.8) is 0 Å². The van der Waals surface area contributed by atoms with Crippen molar-refractivity contribution >= 4 is 19.9 Å². The molecule has 1 aromatic carbocycles. The highest BCUT2D eigenvalue weighted by Gasteiger charge is 2.34. The van der Waals surface area contributed by atoms with Gasteiger partial charge in [0.1, 0.15) is 0 Å². The third kappa shape index (κ3) is 5.01. The molecule has 0 bridgehead atoms. The Bertz CT molecular complexity index is 807. The quantitative estimate of drug-likeness (QED) is 0.710. The molecule has 2 rings (SSSR count). The first-order valence-corrected chi connectivity index (χ1v) is 11.5. The lowest BCUT2D eigenvalue weighted by atomic mass is 9.80. The zero-order valence-electron chi connectivity index (χ0n) is 14.8. The number of piperidine rings is 1. The number of nitrogens with one attached hydrogen (secondary N) is 2. The molecule has 0 amide bonds. The lowest BCUT2D eigenvalue weighted by Gasteiger charge is -2.37. The van der Waals surface area contributed by atoms with Gasteiger partial charge in [0.15, 0.2) is 9.84 Å². The van der Waals surface area contributed by atoms with E-state index in [1.165, 1.54) is 18.2 Å². The van der Waals surface area contributed by atoms with Crippen LogP contribution in [-0.4, -0.2) is 56.4 Å². The average molecular weight is 391 g/mol. The van der Waals surface area contributed by atoms with Gasteiger partial charge in [-0.05, 0) is 50.6 Å². The molecule has 1 aromatic rings. The molecule has 1 aliphatic heterocycles. The number of benzene rings is 1. The van der Waals surface area contributed by atoms with Crippen LogP contribution in [0.1, 0.15) is 18.4 Å². The van der Waals surface area contributed by atoms with Crippen molar-refractivity contribution in [2.75, 3.05) is 39.6 Å². The predicted octanol–water partition coefficient (Wildman–Crippen LogP) is 0.693. The Balaban J connectivity index is 2.27. The molecule has 0 atom stereocenters. The highest BCUT2D eigenvalue weighted by atomic mass is 32.2. The summed E-state index contributed by atoms with van der Waals surface area (Å²) < 4.78 is 56.9. The van der Waals surface area contributed by atoms with Crippen molar-refractivity contribution in [1.29, 1.82) is 0 Å². The number of rotatable bonds is 7. The second-order valence-corrected chi connectivity index (χ2v) is 10.5. The van der Waals surface area contributed by atoms with Crippen molar-refractivity contribution in [1.82, 2.24) is 10.0 Å². The molecule has 0 aliphatic carbocycles. The van der Waals surface area contributed by atoms with Crippen molar-refractivity contribution in [3.05, 3.63) is 23.8 Å². The Morgan fingerprint density at radius 1 is 1.20 bits per heavy atom. The Morgan fingerprint density at radius 3 is 2.40 bits per heavy atom. The summed E-state index contributed by atoms with van der Waals surface area (Å²) >= 11 is 0. The summed E-state index contributed by atoms with van der Waals surface area (Å²) in [5.41, 5.74) is 0.251. The minimum absolute atomic E-state index is 0.00285. The SMILES string of the molecule is COCC1(CNS(=O)(=O)c2cc(S(C)(=O)=O)ccc2C)CCNCC1. The van der Waals surface area contributed by atoms with Gasteiger partial charge in [0.25, 0.3) is 0 Å². The molecule has 1 fully saturated rings. The highest BCUT2D eigenvalue weighted by Crippen LogP contribution is 2.29. The van der Waals surface area contributed by atoms with E-state index < -0.39 is 19.9 Å². The summed E-state index contributed by atoms with van der Waals surface area (Å²) in [6.07, 6.45) is 2.68. The van der Waals surface area contributed by atoms with E-state index in [9.17, 15) is 16.8 Å². The van der Waals surface area contributed by atoms with E-state index in [1.807, 2.05) is 0 Å². The molecule has 1 heterocycles. The predicted molar refractivity (Wildman–Crippen MR) is 95.9 cm³/mol. The average Bonchev–Trinajstić information content (AvgIpc) is 2.53. The van der Waals surface area contributed by atoms with Crippen LogP contribution < -0.4 is 10.0 Å². The van der Waals surface area contributed by atoms with Crippen LogP contribution >= 0.6 is 0 Å². The molecule has 1 aliphatic rings. The number of hydrogen-bond acceptors (Lipinski definition) is 6. The minimum Gasteiger partial charge on any atom is -0.384 e. The van der Waals surface area contributed by atoms with E-state index >= 15 is 0 Å². The summed E-state index contributed by atoms with van der Waals surface area (Å²) in [5.74, 6) is 0. The molecular formula is C16H26N2O5S2. The van der Waals surface area contributed by atoms with Crippen molar-refractivity contribution in [2.24, 2.45) is 5.41 Å². The first kappa shape index (κ1) is 20.3. The summed E-state index contributed by atoms with van der Waals surface area (Å²) in [6, 6.07) is 4.15. The molecule has 0 unspecified atom stereocenters. The smallest absolute Gasteiger partial charge is 0.240 e. The first-order valence-electron chi connectivity index (χ1n) is 8.10. The first-order chi connectivity index (χ1) is 11.6. The third-order valence-corrected chi connectivity index (χ3v) is 7.28. The molecule has 1 saturated heterocycles. The number of ether oxygens (including phenoxy) is 1. The molecule has 7 nitrogen and oxygen atoms in total. The van der Waals surface area contributed by atoms with E-state index in [2.05, 4.69) is 10.0 Å². The van der Waals surface area contributed by atoms with Crippen LogP contribution in [0.15, 0.2) is 28.0 Å². The minimum atomic E-state index is -3.82. The molecule has 25 heavy (non-hydrogen) atoms. The largest absolute Gasteiger partial charge is 0.384 e. The van der Waals surface area contributed by atoms with E-state index in [1.54, 1.807) is 14.0 Å². The summed E-state index contributed by atoms with van der Waals surface area (Å²) in [5, 5.41) is 3.26. The second kappa shape index (κ2) is 7.71. The van der Waals surface area contributed by atoms with Crippen molar-refractivity contribution < 1.29 is 21.6 Å². The van der Waals surface area contributed by atoms with Crippen LogP contribution in [0.3, 0.4) is 0 Å². The van der Waals surface area contributed by atoms with Gasteiger partial charge in [0.2, 0.25) is 10.0 Å². The maximum absolute atomic E-state index is 12.8. The van der Waals surface area contributed by atoms with Gasteiger partial charge in [-0.3, -0.25) is 0 Å². The van der Waals surface area contributed by atoms with Gasteiger partial charge in [-0.1, -0.05) is 6.07 Å². The number of sulfonamides is 1. The standard InChI is InChI=1S/C16H26N2O5S2/c1-13-4-5-14(24(3,19)20)10-15(13)25(21,22)18-11-16(12-23-2)6-8-17-9-7-16/h4-5,10,17-18H,6-9,11-12H2,1-3H3. The Hall–Kier alpha value is -1.00. The monoisotopic (exact) mass is 390 g/mol. The second-order valence-electron chi connectivity index (χ2n) is 6.71. The molecule has 9 heteroatoms. The number of aryl methyl sites for hydroxylation is 1. The zero-order valence-corrected chi connectivity index (χ0v) is 16.5. The molecule has 2 N–H and O–H groups in total. The fraction of sp³-hybridized carbons (Fsp3) is 0.625. The van der Waals surface area contributed by atoms with Gasteiger partial charge in [-0.15, -0.1) is 0 Å². The topological polar surface area (TPSA) is 102 Å². The third-order valence-electron chi connectivity index (χ3n) is 4.63. The van der Waals surface area contributed by atoms with E-state index in [0.29, 0.717) is 12.2 Å². The van der Waals surface area contributed by atoms with Gasteiger partial charge in [-0.2, -0.15) is 0 Å². The normalized spacial score (nSPS) is 18.2. The number of methoxy groups -OCH3 is 1. The fourth-order valence-corrected chi connectivity index (χ4v) is 5.21. The van der Waals surface area contributed by atoms with Crippen LogP contribution in [0.25, 0.3) is 0 Å². The van der Waals surface area contributed by atoms with E-state index in [4.69, 9.17) is 4.74 Å². The van der Waals surface area contributed by atoms with Crippen LogP contribution in [0.4, 0.5) is 0 Å². The lowest BCUT2D eigenvalue weighted by Crippen LogP contribution is -2.47.